The Hall–Kier alpha value is -2.97. The number of carbonyl (C=O) groups is 2. The van der Waals surface area contributed by atoms with E-state index < -0.39 is 5.25 Å². The van der Waals surface area contributed by atoms with E-state index in [4.69, 9.17) is 0 Å². The van der Waals surface area contributed by atoms with E-state index in [0.717, 1.165) is 25.2 Å². The van der Waals surface area contributed by atoms with Crippen molar-refractivity contribution in [3.8, 4) is 0 Å². The number of piperazine rings is 1. The number of hydrogen-bond donors (Lipinski definition) is 0. The molecule has 0 bridgehead atoms. The summed E-state index contributed by atoms with van der Waals surface area (Å²) < 4.78 is 13.5. The fraction of sp³-hybridized carbons (Fsp3) is 0.320. The van der Waals surface area contributed by atoms with Crippen molar-refractivity contribution in [2.45, 2.75) is 19.1 Å². The minimum atomic E-state index is -0.413. The van der Waals surface area contributed by atoms with E-state index >= 15 is 0 Å². The summed E-state index contributed by atoms with van der Waals surface area (Å²) in [5.41, 5.74) is 1.65. The highest BCUT2D eigenvalue weighted by Gasteiger charge is 2.35. The molecular weight excluding hydrogens is 439 g/mol. The van der Waals surface area contributed by atoms with Gasteiger partial charge in [-0.2, -0.15) is 0 Å². The molecule has 1 fully saturated rings. The lowest BCUT2D eigenvalue weighted by molar-refractivity contribution is -0.132. The first-order chi connectivity index (χ1) is 16.0. The van der Waals surface area contributed by atoms with E-state index in [1.807, 2.05) is 42.2 Å². The molecule has 2 aliphatic heterocycles. The first-order valence-electron chi connectivity index (χ1n) is 11.1. The summed E-state index contributed by atoms with van der Waals surface area (Å²) in [7, 11) is 0. The number of nitrogens with zero attached hydrogens (tertiary/aromatic N) is 4. The normalized spacial score (nSPS) is 19.2. The van der Waals surface area contributed by atoms with E-state index in [1.54, 1.807) is 18.2 Å². The number of anilines is 1. The van der Waals surface area contributed by atoms with Gasteiger partial charge in [-0.25, -0.2) is 9.38 Å². The number of aliphatic imine (C=N–C) groups is 1. The van der Waals surface area contributed by atoms with E-state index in [1.165, 1.54) is 28.8 Å². The summed E-state index contributed by atoms with van der Waals surface area (Å²) in [5, 5.41) is 0.00517. The number of benzene rings is 2. The Labute approximate surface area is 197 Å². The number of halogens is 1. The van der Waals surface area contributed by atoms with Gasteiger partial charge >= 0.3 is 0 Å². The summed E-state index contributed by atoms with van der Waals surface area (Å²) in [6, 6.07) is 15.2. The van der Waals surface area contributed by atoms with Crippen LogP contribution in [0.2, 0.25) is 0 Å². The van der Waals surface area contributed by atoms with Crippen molar-refractivity contribution in [1.29, 1.82) is 0 Å². The zero-order valence-corrected chi connectivity index (χ0v) is 19.6. The smallest absolute Gasteiger partial charge is 0.283 e. The van der Waals surface area contributed by atoms with Crippen molar-refractivity contribution in [3.05, 3.63) is 71.7 Å². The molecule has 1 saturated heterocycles. The fourth-order valence-corrected chi connectivity index (χ4v) is 4.86. The second-order valence-corrected chi connectivity index (χ2v) is 9.28. The minimum Gasteiger partial charge on any atom is -0.339 e. The van der Waals surface area contributed by atoms with Crippen LogP contribution in [0.15, 0.2) is 65.3 Å². The lowest BCUT2D eigenvalue weighted by Gasteiger charge is -2.35. The molecule has 2 aromatic rings. The van der Waals surface area contributed by atoms with E-state index in [0.29, 0.717) is 23.9 Å². The molecule has 2 aromatic carbocycles. The Balaban J connectivity index is 1.57. The van der Waals surface area contributed by atoms with Crippen molar-refractivity contribution < 1.29 is 14.0 Å². The average molecular weight is 467 g/mol. The van der Waals surface area contributed by atoms with E-state index in [2.05, 4.69) is 16.8 Å². The molecule has 4 rings (SSSR count). The van der Waals surface area contributed by atoms with Crippen molar-refractivity contribution in [2.75, 3.05) is 37.6 Å². The average Bonchev–Trinajstić information content (AvgIpc) is 3.14. The highest BCUT2D eigenvalue weighted by Crippen LogP contribution is 2.31. The third-order valence-electron chi connectivity index (χ3n) is 5.78. The summed E-state index contributed by atoms with van der Waals surface area (Å²) in [5.74, 6) is -0.652. The standard InChI is InChI=1S/C25H27FN4O2S/c1-3-28-13-15-29(16-14-28)23(31)18(2)33-25-27-22(17-19-7-5-4-6-8-19)24(32)30(25)21-11-9-20(26)10-12-21/h4-12,17-18H,3,13-16H2,1-2H3/b22-17+. The number of likely N-dealkylation sites (N-methyl/N-ethyl adjacent to an activating group) is 1. The zero-order valence-electron chi connectivity index (χ0n) is 18.8. The molecule has 1 atom stereocenters. The van der Waals surface area contributed by atoms with Gasteiger partial charge in [0.15, 0.2) is 5.17 Å². The summed E-state index contributed by atoms with van der Waals surface area (Å²) in [6.45, 7) is 8.07. The Morgan fingerprint density at radius 3 is 2.39 bits per heavy atom. The minimum absolute atomic E-state index is 0.0328. The van der Waals surface area contributed by atoms with Crippen LogP contribution < -0.4 is 4.90 Å². The van der Waals surface area contributed by atoms with Crippen LogP contribution in [-0.2, 0) is 9.59 Å². The molecule has 2 heterocycles. The molecule has 0 spiro atoms. The molecule has 1 unspecified atom stereocenters. The van der Waals surface area contributed by atoms with Gasteiger partial charge in [0.2, 0.25) is 5.91 Å². The van der Waals surface area contributed by atoms with E-state index in [-0.39, 0.29) is 23.3 Å². The van der Waals surface area contributed by atoms with Gasteiger partial charge in [0.05, 0.1) is 10.9 Å². The molecule has 0 saturated carbocycles. The van der Waals surface area contributed by atoms with Crippen LogP contribution in [0.4, 0.5) is 10.1 Å². The number of rotatable bonds is 5. The maximum absolute atomic E-state index is 13.5. The fourth-order valence-electron chi connectivity index (χ4n) is 3.85. The lowest BCUT2D eigenvalue weighted by Crippen LogP contribution is -2.50. The van der Waals surface area contributed by atoms with E-state index in [9.17, 15) is 14.0 Å². The predicted molar refractivity (Wildman–Crippen MR) is 131 cm³/mol. The summed E-state index contributed by atoms with van der Waals surface area (Å²) >= 11 is 1.26. The molecule has 0 aliphatic carbocycles. The molecule has 8 heteroatoms. The SMILES string of the molecule is CCN1CCN(C(=O)C(C)SC2=N/C(=C/c3ccccc3)C(=O)N2c2ccc(F)cc2)CC1. The Kier molecular flexibility index (Phi) is 7.25. The number of hydrogen-bond acceptors (Lipinski definition) is 5. The quantitative estimate of drug-likeness (QED) is 0.628. The monoisotopic (exact) mass is 466 g/mol. The van der Waals surface area contributed by atoms with Crippen LogP contribution in [0.5, 0.6) is 0 Å². The number of thioether (sulfide) groups is 1. The van der Waals surface area contributed by atoms with Gasteiger partial charge in [0.1, 0.15) is 11.5 Å². The van der Waals surface area contributed by atoms with Gasteiger partial charge in [-0.1, -0.05) is 49.0 Å². The molecule has 0 radical (unpaired) electrons. The molecule has 33 heavy (non-hydrogen) atoms. The van der Waals surface area contributed by atoms with Crippen LogP contribution in [-0.4, -0.2) is 64.8 Å². The van der Waals surface area contributed by atoms with Crippen LogP contribution in [0.3, 0.4) is 0 Å². The summed E-state index contributed by atoms with van der Waals surface area (Å²) in [4.78, 5) is 36.6. The summed E-state index contributed by atoms with van der Waals surface area (Å²) in [6.07, 6.45) is 1.73. The van der Waals surface area contributed by atoms with Crippen molar-refractivity contribution >= 4 is 40.5 Å². The highest BCUT2D eigenvalue weighted by molar-refractivity contribution is 8.15. The maximum Gasteiger partial charge on any atom is 0.283 e. The highest BCUT2D eigenvalue weighted by atomic mass is 32.2. The number of amidine groups is 1. The topological polar surface area (TPSA) is 56.2 Å². The van der Waals surface area contributed by atoms with Gasteiger partial charge in [0, 0.05) is 26.2 Å². The molecule has 172 valence electrons. The van der Waals surface area contributed by atoms with Gasteiger partial charge in [0.25, 0.3) is 5.91 Å². The van der Waals surface area contributed by atoms with Crippen molar-refractivity contribution in [3.63, 3.8) is 0 Å². The first-order valence-corrected chi connectivity index (χ1v) is 12.0. The van der Waals surface area contributed by atoms with Crippen molar-refractivity contribution in [1.82, 2.24) is 9.80 Å². The molecule has 0 N–H and O–H groups in total. The van der Waals surface area contributed by atoms with Gasteiger partial charge < -0.3 is 9.80 Å². The molecule has 6 nitrogen and oxygen atoms in total. The zero-order chi connectivity index (χ0) is 23.4. The third kappa shape index (κ3) is 5.34. The third-order valence-corrected chi connectivity index (χ3v) is 6.82. The van der Waals surface area contributed by atoms with Crippen LogP contribution >= 0.6 is 11.8 Å². The Morgan fingerprint density at radius 1 is 1.09 bits per heavy atom. The first kappa shape index (κ1) is 23.2. The molecule has 2 aliphatic rings. The number of amides is 2. The number of carbonyl (C=O) groups excluding carboxylic acids is 2. The predicted octanol–water partition coefficient (Wildman–Crippen LogP) is 3.86. The van der Waals surface area contributed by atoms with Gasteiger partial charge in [-0.3, -0.25) is 14.5 Å². The largest absolute Gasteiger partial charge is 0.339 e. The Bertz CT molecular complexity index is 1060. The molecule has 0 aromatic heterocycles. The van der Waals surface area contributed by atoms with Crippen LogP contribution in [0.1, 0.15) is 19.4 Å². The van der Waals surface area contributed by atoms with Crippen LogP contribution in [0.25, 0.3) is 6.08 Å². The second kappa shape index (κ2) is 10.3. The molecule has 2 amide bonds. The molecular formula is C25H27FN4O2S. The van der Waals surface area contributed by atoms with Gasteiger partial charge in [-0.05, 0) is 49.4 Å². The lowest BCUT2D eigenvalue weighted by atomic mass is 10.2. The van der Waals surface area contributed by atoms with Crippen LogP contribution in [0, 0.1) is 5.82 Å². The maximum atomic E-state index is 13.5. The van der Waals surface area contributed by atoms with Gasteiger partial charge in [-0.15, -0.1) is 0 Å². The Morgan fingerprint density at radius 2 is 1.76 bits per heavy atom. The second-order valence-electron chi connectivity index (χ2n) is 7.97. The van der Waals surface area contributed by atoms with Crippen molar-refractivity contribution in [2.24, 2.45) is 4.99 Å².